The number of aromatic nitrogens is 1. The number of nitrogens with two attached hydrogens (primary N) is 1. The highest BCUT2D eigenvalue weighted by Gasteiger charge is 2.36. The number of nitrogens with zero attached hydrogens (tertiary/aromatic N) is 1. The highest BCUT2D eigenvalue weighted by Crippen LogP contribution is 2.47. The monoisotopic (exact) mass is 200 g/mol. The van der Waals surface area contributed by atoms with Crippen LogP contribution in [0.25, 0.3) is 10.9 Å². The highest BCUT2D eigenvalue weighted by atomic mass is 14.9. The van der Waals surface area contributed by atoms with Crippen molar-refractivity contribution in [3.63, 3.8) is 0 Å². The van der Waals surface area contributed by atoms with Crippen LogP contribution in [-0.2, 0) is 7.05 Å². The quantitative estimate of drug-likeness (QED) is 0.792. The largest absolute Gasteiger partial charge is 0.351 e. The van der Waals surface area contributed by atoms with Crippen LogP contribution in [0.1, 0.15) is 17.9 Å². The molecular formula is C13H16N2. The third-order valence-electron chi connectivity index (χ3n) is 3.56. The fourth-order valence-corrected chi connectivity index (χ4v) is 2.45. The van der Waals surface area contributed by atoms with E-state index in [0.717, 1.165) is 18.4 Å². The van der Waals surface area contributed by atoms with Gasteiger partial charge in [0.05, 0.1) is 0 Å². The van der Waals surface area contributed by atoms with Crippen molar-refractivity contribution in [1.29, 1.82) is 0 Å². The number of hydrogen-bond donors (Lipinski definition) is 1. The molecule has 0 radical (unpaired) electrons. The van der Waals surface area contributed by atoms with Crippen molar-refractivity contribution in [2.75, 3.05) is 6.54 Å². The van der Waals surface area contributed by atoms with Crippen LogP contribution in [0, 0.1) is 5.92 Å². The lowest BCUT2D eigenvalue weighted by Gasteiger charge is -2.01. The van der Waals surface area contributed by atoms with E-state index in [-0.39, 0.29) is 0 Å². The van der Waals surface area contributed by atoms with Crippen LogP contribution >= 0.6 is 0 Å². The Bertz CT molecular complexity index is 498. The molecule has 2 N–H and O–H groups in total. The standard InChI is InChI=1S/C13H16N2/c1-15-5-4-10-6-9(2-3-13(10)15)12-7-11(12)8-14/h2-6,11-12H,7-8,14H2,1H3/t11-,12-/m0/s1. The van der Waals surface area contributed by atoms with Gasteiger partial charge in [-0.2, -0.15) is 0 Å². The zero-order valence-corrected chi connectivity index (χ0v) is 8.98. The van der Waals surface area contributed by atoms with E-state index < -0.39 is 0 Å². The molecule has 1 aromatic carbocycles. The number of benzene rings is 1. The van der Waals surface area contributed by atoms with E-state index in [1.165, 1.54) is 22.9 Å². The molecule has 0 bridgehead atoms. The Balaban J connectivity index is 2.00. The summed E-state index contributed by atoms with van der Waals surface area (Å²) in [6.45, 7) is 0.831. The normalized spacial score (nSPS) is 24.7. The minimum absolute atomic E-state index is 0.722. The van der Waals surface area contributed by atoms with Gasteiger partial charge in [-0.05, 0) is 54.0 Å². The van der Waals surface area contributed by atoms with Gasteiger partial charge in [-0.3, -0.25) is 0 Å². The van der Waals surface area contributed by atoms with Crippen LogP contribution in [0.4, 0.5) is 0 Å². The number of fused-ring (bicyclic) bond motifs is 1. The maximum atomic E-state index is 5.67. The van der Waals surface area contributed by atoms with Crippen LogP contribution < -0.4 is 5.73 Å². The van der Waals surface area contributed by atoms with E-state index in [1.54, 1.807) is 0 Å². The summed E-state index contributed by atoms with van der Waals surface area (Å²) in [5.41, 5.74) is 8.45. The van der Waals surface area contributed by atoms with Gasteiger partial charge >= 0.3 is 0 Å². The molecule has 3 rings (SSSR count). The van der Waals surface area contributed by atoms with Crippen LogP contribution in [0.5, 0.6) is 0 Å². The number of aryl methyl sites for hydroxylation is 1. The molecular weight excluding hydrogens is 184 g/mol. The summed E-state index contributed by atoms with van der Waals surface area (Å²) in [6.07, 6.45) is 3.39. The third-order valence-corrected chi connectivity index (χ3v) is 3.56. The molecule has 0 spiro atoms. The third kappa shape index (κ3) is 1.37. The first-order chi connectivity index (χ1) is 7.29. The van der Waals surface area contributed by atoms with E-state index in [9.17, 15) is 0 Å². The molecule has 1 heterocycles. The van der Waals surface area contributed by atoms with Gasteiger partial charge in [0.25, 0.3) is 0 Å². The molecule has 2 aromatic rings. The summed E-state index contributed by atoms with van der Waals surface area (Å²) in [5, 5.41) is 1.35. The molecule has 1 aromatic heterocycles. The zero-order valence-electron chi connectivity index (χ0n) is 8.98. The van der Waals surface area contributed by atoms with E-state index in [0.29, 0.717) is 0 Å². The van der Waals surface area contributed by atoms with Gasteiger partial charge in [-0.1, -0.05) is 6.07 Å². The van der Waals surface area contributed by atoms with E-state index in [1.807, 2.05) is 0 Å². The van der Waals surface area contributed by atoms with Crippen molar-refractivity contribution in [2.24, 2.45) is 18.7 Å². The van der Waals surface area contributed by atoms with Crippen molar-refractivity contribution in [2.45, 2.75) is 12.3 Å². The second kappa shape index (κ2) is 3.11. The minimum atomic E-state index is 0.722. The summed E-state index contributed by atoms with van der Waals surface area (Å²) >= 11 is 0. The first-order valence-electron chi connectivity index (χ1n) is 5.54. The van der Waals surface area contributed by atoms with Crippen molar-refractivity contribution >= 4 is 10.9 Å². The predicted octanol–water partition coefficient (Wildman–Crippen LogP) is 2.24. The second-order valence-corrected chi connectivity index (χ2v) is 4.58. The second-order valence-electron chi connectivity index (χ2n) is 4.58. The van der Waals surface area contributed by atoms with Gasteiger partial charge in [-0.25, -0.2) is 0 Å². The van der Waals surface area contributed by atoms with E-state index in [2.05, 4.69) is 42.1 Å². The SMILES string of the molecule is Cn1ccc2cc([C@@H]3C[C@H]3CN)ccc21. The van der Waals surface area contributed by atoms with Crippen LogP contribution in [-0.4, -0.2) is 11.1 Å². The molecule has 0 saturated heterocycles. The lowest BCUT2D eigenvalue weighted by Crippen LogP contribution is -2.01. The van der Waals surface area contributed by atoms with Crippen molar-refractivity contribution < 1.29 is 0 Å². The Morgan fingerprint density at radius 3 is 3.00 bits per heavy atom. The summed E-state index contributed by atoms with van der Waals surface area (Å²) in [5.74, 6) is 1.45. The first-order valence-corrected chi connectivity index (χ1v) is 5.54. The Morgan fingerprint density at radius 1 is 1.40 bits per heavy atom. The summed E-state index contributed by atoms with van der Waals surface area (Å²) in [4.78, 5) is 0. The maximum Gasteiger partial charge on any atom is 0.0477 e. The van der Waals surface area contributed by atoms with Gasteiger partial charge in [0.15, 0.2) is 0 Å². The van der Waals surface area contributed by atoms with Crippen molar-refractivity contribution in [3.05, 3.63) is 36.0 Å². The molecule has 1 aliphatic rings. The molecule has 0 amide bonds. The molecule has 15 heavy (non-hydrogen) atoms. The van der Waals surface area contributed by atoms with Gasteiger partial charge in [-0.15, -0.1) is 0 Å². The Labute approximate surface area is 89.7 Å². The topological polar surface area (TPSA) is 30.9 Å². The number of rotatable bonds is 2. The molecule has 2 atom stereocenters. The van der Waals surface area contributed by atoms with Crippen LogP contribution in [0.2, 0.25) is 0 Å². The lowest BCUT2D eigenvalue weighted by atomic mass is 10.1. The fourth-order valence-electron chi connectivity index (χ4n) is 2.45. The van der Waals surface area contributed by atoms with Crippen molar-refractivity contribution in [1.82, 2.24) is 4.57 Å². The van der Waals surface area contributed by atoms with Gasteiger partial charge in [0, 0.05) is 18.8 Å². The van der Waals surface area contributed by atoms with Crippen LogP contribution in [0.15, 0.2) is 30.5 Å². The van der Waals surface area contributed by atoms with Gasteiger partial charge in [0.2, 0.25) is 0 Å². The molecule has 78 valence electrons. The summed E-state index contributed by atoms with van der Waals surface area (Å²) in [7, 11) is 2.09. The molecule has 0 aliphatic heterocycles. The molecule has 0 unspecified atom stereocenters. The average Bonchev–Trinajstić information content (AvgIpc) is 2.97. The van der Waals surface area contributed by atoms with Gasteiger partial charge in [0.1, 0.15) is 0 Å². The zero-order chi connectivity index (χ0) is 10.4. The molecule has 2 nitrogen and oxygen atoms in total. The molecule has 1 aliphatic carbocycles. The van der Waals surface area contributed by atoms with Gasteiger partial charge < -0.3 is 10.3 Å². The van der Waals surface area contributed by atoms with Crippen LogP contribution in [0.3, 0.4) is 0 Å². The minimum Gasteiger partial charge on any atom is -0.351 e. The Hall–Kier alpha value is -1.28. The number of hydrogen-bond acceptors (Lipinski definition) is 1. The predicted molar refractivity (Wildman–Crippen MR) is 62.8 cm³/mol. The van der Waals surface area contributed by atoms with E-state index in [4.69, 9.17) is 5.73 Å². The highest BCUT2D eigenvalue weighted by molar-refractivity contribution is 5.81. The molecule has 2 heteroatoms. The smallest absolute Gasteiger partial charge is 0.0477 e. The first kappa shape index (κ1) is 8.98. The molecule has 1 saturated carbocycles. The Kier molecular flexibility index (Phi) is 1.86. The lowest BCUT2D eigenvalue weighted by molar-refractivity contribution is 0.810. The summed E-state index contributed by atoms with van der Waals surface area (Å²) in [6, 6.07) is 8.97. The maximum absolute atomic E-state index is 5.67. The average molecular weight is 200 g/mol. The van der Waals surface area contributed by atoms with E-state index >= 15 is 0 Å². The van der Waals surface area contributed by atoms with Crippen molar-refractivity contribution in [3.8, 4) is 0 Å². The fraction of sp³-hybridized carbons (Fsp3) is 0.385. The molecule has 1 fully saturated rings. The Morgan fingerprint density at radius 2 is 2.27 bits per heavy atom. The summed E-state index contributed by atoms with van der Waals surface area (Å²) < 4.78 is 2.16.